The average Bonchev–Trinajstić information content (AvgIpc) is 3.02. The van der Waals surface area contributed by atoms with Crippen LogP contribution in [0.25, 0.3) is 0 Å². The molecular formula is C14H8F3N3O4. The van der Waals surface area contributed by atoms with Gasteiger partial charge in [-0.05, 0) is 19.1 Å². The molecule has 1 aliphatic rings. The standard InChI is InChI=1S/C14H8F3N3O4/c1-6-9(14(15,16)17)10(19-18-6)13(23)24-20-11(21)7-4-2-3-5-8(7)12(20)22/h2-5H,1H3,(H,18,19). The minimum Gasteiger partial charge on any atom is -0.322 e. The largest absolute Gasteiger partial charge is 0.420 e. The summed E-state index contributed by atoms with van der Waals surface area (Å²) in [5, 5.41) is 5.41. The third-order valence-corrected chi connectivity index (χ3v) is 3.36. The van der Waals surface area contributed by atoms with Crippen molar-refractivity contribution in [1.29, 1.82) is 0 Å². The van der Waals surface area contributed by atoms with Crippen molar-refractivity contribution in [2.45, 2.75) is 13.1 Å². The number of benzene rings is 1. The summed E-state index contributed by atoms with van der Waals surface area (Å²) in [5.41, 5.74) is -2.79. The highest BCUT2D eigenvalue weighted by atomic mass is 19.4. The quantitative estimate of drug-likeness (QED) is 0.846. The zero-order valence-corrected chi connectivity index (χ0v) is 12.0. The second-order valence-corrected chi connectivity index (χ2v) is 4.90. The molecule has 0 unspecified atom stereocenters. The molecule has 0 bridgehead atoms. The number of aromatic nitrogens is 2. The van der Waals surface area contributed by atoms with Gasteiger partial charge >= 0.3 is 12.1 Å². The summed E-state index contributed by atoms with van der Waals surface area (Å²) in [6, 6.07) is 5.66. The number of alkyl halides is 3. The van der Waals surface area contributed by atoms with Crippen LogP contribution in [0, 0.1) is 6.92 Å². The third kappa shape index (κ3) is 2.32. The SMILES string of the molecule is Cc1[nH]nc(C(=O)ON2C(=O)c3ccccc3C2=O)c1C(F)(F)F. The van der Waals surface area contributed by atoms with Crippen molar-refractivity contribution >= 4 is 17.8 Å². The van der Waals surface area contributed by atoms with E-state index in [1.807, 2.05) is 5.10 Å². The van der Waals surface area contributed by atoms with E-state index in [-0.39, 0.29) is 16.2 Å². The second-order valence-electron chi connectivity index (χ2n) is 4.90. The fourth-order valence-corrected chi connectivity index (χ4v) is 2.30. The van der Waals surface area contributed by atoms with Gasteiger partial charge in [0, 0.05) is 5.69 Å². The first-order chi connectivity index (χ1) is 11.2. The lowest BCUT2D eigenvalue weighted by Crippen LogP contribution is -2.33. The highest BCUT2D eigenvalue weighted by Crippen LogP contribution is 2.34. The van der Waals surface area contributed by atoms with Crippen LogP contribution in [0.4, 0.5) is 13.2 Å². The lowest BCUT2D eigenvalue weighted by molar-refractivity contribution is -0.138. The Bertz CT molecular complexity index is 837. The van der Waals surface area contributed by atoms with Crippen molar-refractivity contribution in [2.24, 2.45) is 0 Å². The second kappa shape index (κ2) is 5.18. The summed E-state index contributed by atoms with van der Waals surface area (Å²) < 4.78 is 38.9. The van der Waals surface area contributed by atoms with E-state index in [2.05, 4.69) is 9.94 Å². The number of hydrogen-bond acceptors (Lipinski definition) is 5. The highest BCUT2D eigenvalue weighted by molar-refractivity contribution is 6.21. The Morgan fingerprint density at radius 1 is 1.17 bits per heavy atom. The van der Waals surface area contributed by atoms with Gasteiger partial charge in [0.05, 0.1) is 11.1 Å². The minimum absolute atomic E-state index is 0.00967. The number of hydroxylamine groups is 2. The Hall–Kier alpha value is -3.17. The zero-order valence-electron chi connectivity index (χ0n) is 12.0. The van der Waals surface area contributed by atoms with Gasteiger partial charge in [-0.2, -0.15) is 18.3 Å². The van der Waals surface area contributed by atoms with E-state index >= 15 is 0 Å². The van der Waals surface area contributed by atoms with Gasteiger partial charge in [0.2, 0.25) is 0 Å². The van der Waals surface area contributed by atoms with Crippen molar-refractivity contribution in [3.05, 3.63) is 52.3 Å². The number of hydrogen-bond donors (Lipinski definition) is 1. The minimum atomic E-state index is -4.85. The van der Waals surface area contributed by atoms with Crippen molar-refractivity contribution in [1.82, 2.24) is 15.3 Å². The number of carbonyl (C=O) groups is 3. The molecule has 7 nitrogen and oxygen atoms in total. The molecule has 2 heterocycles. The van der Waals surface area contributed by atoms with Crippen LogP contribution >= 0.6 is 0 Å². The number of nitrogens with zero attached hydrogens (tertiary/aromatic N) is 2. The molecule has 3 rings (SSSR count). The van der Waals surface area contributed by atoms with E-state index in [9.17, 15) is 27.6 Å². The highest BCUT2D eigenvalue weighted by Gasteiger charge is 2.43. The molecule has 1 aromatic carbocycles. The van der Waals surface area contributed by atoms with Gasteiger partial charge in [0.25, 0.3) is 11.8 Å². The van der Waals surface area contributed by atoms with Crippen LogP contribution in [0.2, 0.25) is 0 Å². The van der Waals surface area contributed by atoms with Crippen molar-refractivity contribution in [3.8, 4) is 0 Å². The van der Waals surface area contributed by atoms with E-state index < -0.39 is 40.9 Å². The number of amides is 2. The number of aromatic amines is 1. The molecule has 24 heavy (non-hydrogen) atoms. The first kappa shape index (κ1) is 15.7. The number of fused-ring (bicyclic) bond motifs is 1. The Morgan fingerprint density at radius 2 is 1.71 bits per heavy atom. The van der Waals surface area contributed by atoms with Crippen LogP contribution in [-0.2, 0) is 11.0 Å². The number of carbonyl (C=O) groups excluding carboxylic acids is 3. The number of nitrogens with one attached hydrogen (secondary N) is 1. The fourth-order valence-electron chi connectivity index (χ4n) is 2.30. The summed E-state index contributed by atoms with van der Waals surface area (Å²) >= 11 is 0. The number of aryl methyl sites for hydroxylation is 1. The van der Waals surface area contributed by atoms with E-state index in [1.54, 1.807) is 0 Å². The first-order valence-corrected chi connectivity index (χ1v) is 6.54. The first-order valence-electron chi connectivity index (χ1n) is 6.54. The predicted octanol–water partition coefficient (Wildman–Crippen LogP) is 2.10. The summed E-state index contributed by atoms with van der Waals surface area (Å²) in [7, 11) is 0. The van der Waals surface area contributed by atoms with Gasteiger partial charge in [0.1, 0.15) is 5.56 Å². The van der Waals surface area contributed by atoms with E-state index in [1.165, 1.54) is 24.3 Å². The molecule has 2 aromatic rings. The topological polar surface area (TPSA) is 92.4 Å². The summed E-state index contributed by atoms with van der Waals surface area (Å²) in [6.45, 7) is 1.08. The summed E-state index contributed by atoms with van der Waals surface area (Å²) in [4.78, 5) is 40.6. The van der Waals surface area contributed by atoms with E-state index in [0.717, 1.165) is 6.92 Å². The van der Waals surface area contributed by atoms with Gasteiger partial charge in [0.15, 0.2) is 5.69 Å². The van der Waals surface area contributed by atoms with Crippen LogP contribution in [0.5, 0.6) is 0 Å². The third-order valence-electron chi connectivity index (χ3n) is 3.36. The van der Waals surface area contributed by atoms with Crippen LogP contribution in [0.15, 0.2) is 24.3 Å². The van der Waals surface area contributed by atoms with Gasteiger partial charge < -0.3 is 4.84 Å². The van der Waals surface area contributed by atoms with E-state index in [4.69, 9.17) is 0 Å². The molecule has 0 fully saturated rings. The van der Waals surface area contributed by atoms with Crippen LogP contribution in [0.1, 0.15) is 42.5 Å². The van der Waals surface area contributed by atoms with E-state index in [0.29, 0.717) is 0 Å². The number of halogens is 3. The van der Waals surface area contributed by atoms with Crippen LogP contribution in [0.3, 0.4) is 0 Å². The molecule has 2 amide bonds. The van der Waals surface area contributed by atoms with Crippen molar-refractivity contribution in [2.75, 3.05) is 0 Å². The van der Waals surface area contributed by atoms with Crippen LogP contribution in [-0.4, -0.2) is 33.0 Å². The smallest absolute Gasteiger partial charge is 0.322 e. The molecule has 0 aliphatic carbocycles. The van der Waals surface area contributed by atoms with Crippen molar-refractivity contribution < 1.29 is 32.4 Å². The predicted molar refractivity (Wildman–Crippen MR) is 70.7 cm³/mol. The maximum Gasteiger partial charge on any atom is 0.420 e. The molecule has 0 atom stereocenters. The van der Waals surface area contributed by atoms with Gasteiger partial charge in [-0.25, -0.2) is 4.79 Å². The normalized spacial score (nSPS) is 14.1. The zero-order chi connectivity index (χ0) is 17.6. The summed E-state index contributed by atoms with van der Waals surface area (Å²) in [5.74, 6) is -3.45. The Morgan fingerprint density at radius 3 is 2.21 bits per heavy atom. The fraction of sp³-hybridized carbons (Fsp3) is 0.143. The lowest BCUT2D eigenvalue weighted by atomic mass is 10.1. The molecule has 1 aliphatic heterocycles. The molecule has 0 radical (unpaired) electrons. The molecule has 0 saturated heterocycles. The molecule has 1 aromatic heterocycles. The van der Waals surface area contributed by atoms with Crippen LogP contribution < -0.4 is 0 Å². The number of H-pyrrole nitrogens is 1. The Labute approximate surface area is 132 Å². The Kier molecular flexibility index (Phi) is 3.39. The van der Waals surface area contributed by atoms with Gasteiger partial charge in [-0.3, -0.25) is 14.7 Å². The molecule has 124 valence electrons. The summed E-state index contributed by atoms with van der Waals surface area (Å²) in [6.07, 6.45) is -4.85. The molecule has 0 saturated carbocycles. The maximum absolute atomic E-state index is 13.0. The monoisotopic (exact) mass is 339 g/mol. The van der Waals surface area contributed by atoms with Crippen molar-refractivity contribution in [3.63, 3.8) is 0 Å². The maximum atomic E-state index is 13.0. The molecule has 0 spiro atoms. The molecular weight excluding hydrogens is 331 g/mol. The average molecular weight is 339 g/mol. The number of imide groups is 1. The molecule has 10 heteroatoms. The van der Waals surface area contributed by atoms with Gasteiger partial charge in [-0.15, -0.1) is 0 Å². The Balaban J connectivity index is 1.90. The van der Waals surface area contributed by atoms with Gasteiger partial charge in [-0.1, -0.05) is 17.2 Å². The lowest BCUT2D eigenvalue weighted by Gasteiger charge is -2.13. The molecule has 1 N–H and O–H groups in total. The number of rotatable bonds is 2.